The van der Waals surface area contributed by atoms with Crippen molar-refractivity contribution in [3.63, 3.8) is 0 Å². The third kappa shape index (κ3) is 3.70. The molecule has 3 rings (SSSR count). The molecular weight excluding hydrogens is 334 g/mol. The Bertz CT molecular complexity index is 834. The van der Waals surface area contributed by atoms with Gasteiger partial charge < -0.3 is 4.74 Å². The highest BCUT2D eigenvalue weighted by Gasteiger charge is 2.26. The average molecular weight is 359 g/mol. The number of carbonyl (C=O) groups excluding carboxylic acids is 1. The predicted molar refractivity (Wildman–Crippen MR) is 96.0 cm³/mol. The van der Waals surface area contributed by atoms with Crippen molar-refractivity contribution >= 4 is 5.97 Å². The van der Waals surface area contributed by atoms with Gasteiger partial charge in [-0.1, -0.05) is 6.07 Å². The first-order valence-corrected chi connectivity index (χ1v) is 8.93. The van der Waals surface area contributed by atoms with Crippen molar-refractivity contribution in [1.29, 1.82) is 0 Å². The van der Waals surface area contributed by atoms with Gasteiger partial charge in [0.1, 0.15) is 11.5 Å². The second kappa shape index (κ2) is 7.82. The van der Waals surface area contributed by atoms with Crippen LogP contribution in [0.3, 0.4) is 0 Å². The smallest absolute Gasteiger partial charge is 0.356 e. The standard InChI is InChI=1S/C18H25N5O3/c1-4-23-16(20-21(2)18(23)25)13-8-10-22(11-9-13)12-14-6-5-7-15(19-14)17(24)26-3/h5-7,13H,4,8-12H2,1-3H3. The average Bonchev–Trinajstić information content (AvgIpc) is 2.96. The van der Waals surface area contributed by atoms with E-state index in [0.29, 0.717) is 24.7 Å². The van der Waals surface area contributed by atoms with Crippen molar-refractivity contribution in [2.24, 2.45) is 7.05 Å². The van der Waals surface area contributed by atoms with Crippen LogP contribution in [0, 0.1) is 0 Å². The van der Waals surface area contributed by atoms with Gasteiger partial charge in [-0.2, -0.15) is 5.10 Å². The molecule has 1 aliphatic heterocycles. The minimum atomic E-state index is -0.418. The van der Waals surface area contributed by atoms with Crippen molar-refractivity contribution in [3.05, 3.63) is 45.9 Å². The molecule has 2 aromatic heterocycles. The molecule has 140 valence electrons. The Kier molecular flexibility index (Phi) is 5.51. The van der Waals surface area contributed by atoms with E-state index in [1.54, 1.807) is 17.7 Å². The van der Waals surface area contributed by atoms with E-state index >= 15 is 0 Å². The van der Waals surface area contributed by atoms with Crippen LogP contribution in [-0.2, 0) is 24.9 Å². The summed E-state index contributed by atoms with van der Waals surface area (Å²) in [5, 5.41) is 4.44. The molecule has 0 saturated carbocycles. The Morgan fingerprint density at radius 3 is 2.69 bits per heavy atom. The zero-order valence-corrected chi connectivity index (χ0v) is 15.5. The molecule has 0 bridgehead atoms. The van der Waals surface area contributed by atoms with Crippen LogP contribution in [-0.4, -0.2) is 50.4 Å². The lowest BCUT2D eigenvalue weighted by molar-refractivity contribution is 0.0593. The molecule has 0 aromatic carbocycles. The maximum absolute atomic E-state index is 12.1. The quantitative estimate of drug-likeness (QED) is 0.745. The van der Waals surface area contributed by atoms with Crippen molar-refractivity contribution in [3.8, 4) is 0 Å². The normalized spacial score (nSPS) is 16.0. The van der Waals surface area contributed by atoms with Gasteiger partial charge in [0.25, 0.3) is 0 Å². The zero-order valence-electron chi connectivity index (χ0n) is 15.5. The van der Waals surface area contributed by atoms with E-state index < -0.39 is 5.97 Å². The highest BCUT2D eigenvalue weighted by molar-refractivity contribution is 5.87. The summed E-state index contributed by atoms with van der Waals surface area (Å²) < 4.78 is 7.92. The lowest BCUT2D eigenvalue weighted by Crippen LogP contribution is -2.34. The number of likely N-dealkylation sites (tertiary alicyclic amines) is 1. The molecule has 0 atom stereocenters. The van der Waals surface area contributed by atoms with Gasteiger partial charge in [0, 0.05) is 26.1 Å². The summed E-state index contributed by atoms with van der Waals surface area (Å²) in [5.74, 6) is 0.776. The van der Waals surface area contributed by atoms with Gasteiger partial charge in [0.15, 0.2) is 0 Å². The molecule has 2 aromatic rings. The summed E-state index contributed by atoms with van der Waals surface area (Å²) in [6.45, 7) is 5.13. The molecular formula is C18H25N5O3. The number of rotatable bonds is 5. The monoisotopic (exact) mass is 359 g/mol. The SMILES string of the molecule is CCn1c(C2CCN(Cc3cccc(C(=O)OC)n3)CC2)nn(C)c1=O. The molecule has 1 saturated heterocycles. The number of nitrogens with zero attached hydrogens (tertiary/aromatic N) is 5. The maximum Gasteiger partial charge on any atom is 0.356 e. The van der Waals surface area contributed by atoms with Gasteiger partial charge in [-0.3, -0.25) is 9.47 Å². The van der Waals surface area contributed by atoms with Crippen LogP contribution in [0.4, 0.5) is 0 Å². The van der Waals surface area contributed by atoms with Gasteiger partial charge in [-0.25, -0.2) is 19.3 Å². The number of ether oxygens (including phenoxy) is 1. The van der Waals surface area contributed by atoms with Crippen LogP contribution in [0.5, 0.6) is 0 Å². The van der Waals surface area contributed by atoms with Gasteiger partial charge in [0.2, 0.25) is 0 Å². The molecule has 8 nitrogen and oxygen atoms in total. The second-order valence-corrected chi connectivity index (χ2v) is 6.56. The number of hydrogen-bond acceptors (Lipinski definition) is 6. The van der Waals surface area contributed by atoms with E-state index in [9.17, 15) is 9.59 Å². The van der Waals surface area contributed by atoms with Crippen LogP contribution in [0.1, 0.15) is 47.7 Å². The topological polar surface area (TPSA) is 82.2 Å². The summed E-state index contributed by atoms with van der Waals surface area (Å²) >= 11 is 0. The molecule has 26 heavy (non-hydrogen) atoms. The minimum Gasteiger partial charge on any atom is -0.464 e. The largest absolute Gasteiger partial charge is 0.464 e. The van der Waals surface area contributed by atoms with Gasteiger partial charge in [-0.05, 0) is 45.0 Å². The van der Waals surface area contributed by atoms with Crippen molar-refractivity contribution in [1.82, 2.24) is 24.2 Å². The molecule has 1 fully saturated rings. The van der Waals surface area contributed by atoms with Gasteiger partial charge in [0.05, 0.1) is 12.8 Å². The Morgan fingerprint density at radius 2 is 2.04 bits per heavy atom. The molecule has 0 aliphatic carbocycles. The molecule has 1 aliphatic rings. The van der Waals surface area contributed by atoms with E-state index in [2.05, 4.69) is 15.0 Å². The Morgan fingerprint density at radius 1 is 1.31 bits per heavy atom. The van der Waals surface area contributed by atoms with E-state index in [0.717, 1.165) is 37.4 Å². The first-order chi connectivity index (χ1) is 12.5. The van der Waals surface area contributed by atoms with Crippen molar-refractivity contribution < 1.29 is 9.53 Å². The molecule has 0 radical (unpaired) electrons. The van der Waals surface area contributed by atoms with Crippen LogP contribution in [0.15, 0.2) is 23.0 Å². The molecule has 0 N–H and O–H groups in total. The fourth-order valence-corrected chi connectivity index (χ4v) is 3.49. The molecule has 0 spiro atoms. The lowest BCUT2D eigenvalue weighted by atomic mass is 9.95. The van der Waals surface area contributed by atoms with E-state index in [1.165, 1.54) is 11.8 Å². The van der Waals surface area contributed by atoms with Crippen LogP contribution < -0.4 is 5.69 Å². The van der Waals surface area contributed by atoms with E-state index in [1.807, 2.05) is 19.1 Å². The van der Waals surface area contributed by atoms with E-state index in [4.69, 9.17) is 4.74 Å². The Hall–Kier alpha value is -2.48. The lowest BCUT2D eigenvalue weighted by Gasteiger charge is -2.31. The molecule has 0 unspecified atom stereocenters. The number of pyridine rings is 1. The third-order valence-corrected chi connectivity index (χ3v) is 4.89. The molecule has 8 heteroatoms. The van der Waals surface area contributed by atoms with Crippen molar-refractivity contribution in [2.75, 3.05) is 20.2 Å². The zero-order chi connectivity index (χ0) is 18.7. The Labute approximate surface area is 152 Å². The summed E-state index contributed by atoms with van der Waals surface area (Å²) in [6.07, 6.45) is 1.90. The number of aryl methyl sites for hydroxylation is 1. The number of piperidine rings is 1. The van der Waals surface area contributed by atoms with Gasteiger partial charge in [-0.15, -0.1) is 0 Å². The third-order valence-electron chi connectivity index (χ3n) is 4.89. The number of hydrogen-bond donors (Lipinski definition) is 0. The van der Waals surface area contributed by atoms with Crippen LogP contribution in [0.25, 0.3) is 0 Å². The molecule has 3 heterocycles. The number of aromatic nitrogens is 4. The van der Waals surface area contributed by atoms with Gasteiger partial charge >= 0.3 is 11.7 Å². The number of esters is 1. The van der Waals surface area contributed by atoms with Crippen LogP contribution in [0.2, 0.25) is 0 Å². The second-order valence-electron chi connectivity index (χ2n) is 6.56. The fraction of sp³-hybridized carbons (Fsp3) is 0.556. The first kappa shape index (κ1) is 18.3. The van der Waals surface area contributed by atoms with E-state index in [-0.39, 0.29) is 5.69 Å². The highest BCUT2D eigenvalue weighted by Crippen LogP contribution is 2.26. The summed E-state index contributed by atoms with van der Waals surface area (Å²) in [7, 11) is 3.06. The minimum absolute atomic E-state index is 0.0474. The highest BCUT2D eigenvalue weighted by atomic mass is 16.5. The predicted octanol–water partition coefficient (Wildman–Crippen LogP) is 1.16. The number of methoxy groups -OCH3 is 1. The fourth-order valence-electron chi connectivity index (χ4n) is 3.49. The first-order valence-electron chi connectivity index (χ1n) is 8.93. The summed E-state index contributed by atoms with van der Waals surface area (Å²) in [6, 6.07) is 5.41. The van der Waals surface area contributed by atoms with Crippen molar-refractivity contribution in [2.45, 2.75) is 38.8 Å². The summed E-state index contributed by atoms with van der Waals surface area (Å²) in [4.78, 5) is 30.4. The molecule has 0 amide bonds. The number of carbonyl (C=O) groups is 1. The summed E-state index contributed by atoms with van der Waals surface area (Å²) in [5.41, 5.74) is 1.14. The maximum atomic E-state index is 12.1. The van der Waals surface area contributed by atoms with Crippen LogP contribution >= 0.6 is 0 Å². The Balaban J connectivity index is 1.64.